The summed E-state index contributed by atoms with van der Waals surface area (Å²) in [5.41, 5.74) is 0.574. The SMILES string of the molecule is CO[C@H]1[C@@H]([C@@]2(C)O[C@@H]2CC=C(C)C)[C@]2(CC[C@H]1OC(=O)NC(=O)CCl)CO2. The number of epoxide rings is 2. The molecule has 0 unspecified atom stereocenters. The Morgan fingerprint density at radius 2 is 2.07 bits per heavy atom. The molecule has 0 aromatic heterocycles. The Morgan fingerprint density at radius 3 is 2.63 bits per heavy atom. The molecule has 2 aliphatic heterocycles. The van der Waals surface area contributed by atoms with Gasteiger partial charge in [-0.15, -0.1) is 11.6 Å². The molecular weight excluding hydrogens is 374 g/mol. The van der Waals surface area contributed by atoms with E-state index in [0.717, 1.165) is 12.8 Å². The number of methoxy groups -OCH3 is 1. The Morgan fingerprint density at radius 1 is 1.37 bits per heavy atom. The average Bonchev–Trinajstić information content (AvgIpc) is 3.52. The van der Waals surface area contributed by atoms with E-state index in [9.17, 15) is 9.59 Å². The van der Waals surface area contributed by atoms with Crippen LogP contribution in [0.1, 0.15) is 40.0 Å². The quantitative estimate of drug-likeness (QED) is 0.418. The lowest BCUT2D eigenvalue weighted by Crippen LogP contribution is -2.56. The highest BCUT2D eigenvalue weighted by atomic mass is 35.5. The number of imide groups is 1. The normalized spacial score (nSPS) is 39.6. The summed E-state index contributed by atoms with van der Waals surface area (Å²) in [6, 6.07) is 0. The Kier molecular flexibility index (Phi) is 5.87. The van der Waals surface area contributed by atoms with Gasteiger partial charge in [0.15, 0.2) is 0 Å². The number of carbonyl (C=O) groups is 2. The molecule has 0 aromatic carbocycles. The molecule has 6 atom stereocenters. The number of allylic oxidation sites excluding steroid dienone is 1. The zero-order valence-corrected chi connectivity index (χ0v) is 17.0. The van der Waals surface area contributed by atoms with Gasteiger partial charge < -0.3 is 18.9 Å². The van der Waals surface area contributed by atoms with E-state index in [4.69, 9.17) is 30.5 Å². The van der Waals surface area contributed by atoms with Gasteiger partial charge in [-0.2, -0.15) is 0 Å². The minimum atomic E-state index is -0.804. The molecule has 1 spiro atoms. The van der Waals surface area contributed by atoms with Gasteiger partial charge in [0.05, 0.1) is 18.6 Å². The molecule has 3 rings (SSSR count). The van der Waals surface area contributed by atoms with Crippen molar-refractivity contribution in [2.75, 3.05) is 19.6 Å². The molecule has 1 saturated carbocycles. The number of nitrogens with one attached hydrogen (secondary N) is 1. The first-order chi connectivity index (χ1) is 12.8. The first kappa shape index (κ1) is 20.6. The van der Waals surface area contributed by atoms with Gasteiger partial charge in [-0.05, 0) is 40.0 Å². The van der Waals surface area contributed by atoms with Crippen molar-refractivity contribution in [1.82, 2.24) is 5.32 Å². The molecular formula is C19H28ClNO6. The second-order valence-electron chi connectivity index (χ2n) is 8.00. The maximum absolute atomic E-state index is 12.0. The summed E-state index contributed by atoms with van der Waals surface area (Å²) in [5.74, 6) is -0.949. The van der Waals surface area contributed by atoms with Crippen LogP contribution in [-0.4, -0.2) is 61.1 Å². The van der Waals surface area contributed by atoms with E-state index in [1.807, 2.05) is 0 Å². The van der Waals surface area contributed by atoms with Crippen LogP contribution >= 0.6 is 11.6 Å². The summed E-state index contributed by atoms with van der Waals surface area (Å²) >= 11 is 5.42. The number of alkyl carbamates (subject to hydrolysis) is 1. The zero-order chi connectivity index (χ0) is 19.8. The van der Waals surface area contributed by atoms with E-state index >= 15 is 0 Å². The number of ether oxygens (including phenoxy) is 4. The van der Waals surface area contributed by atoms with Gasteiger partial charge in [-0.1, -0.05) is 11.6 Å². The third kappa shape index (κ3) is 4.16. The molecule has 3 aliphatic rings. The van der Waals surface area contributed by atoms with Gasteiger partial charge in [0.25, 0.3) is 0 Å². The smallest absolute Gasteiger partial charge is 0.414 e. The van der Waals surface area contributed by atoms with Crippen LogP contribution in [0.2, 0.25) is 0 Å². The van der Waals surface area contributed by atoms with Crippen LogP contribution in [0.3, 0.4) is 0 Å². The predicted octanol–water partition coefficient (Wildman–Crippen LogP) is 2.55. The summed E-state index contributed by atoms with van der Waals surface area (Å²) in [6.07, 6.45) is 2.78. The van der Waals surface area contributed by atoms with Crippen molar-refractivity contribution in [3.8, 4) is 0 Å². The van der Waals surface area contributed by atoms with Crippen molar-refractivity contribution >= 4 is 23.6 Å². The molecule has 27 heavy (non-hydrogen) atoms. The molecule has 152 valence electrons. The van der Waals surface area contributed by atoms with Crippen molar-refractivity contribution in [3.63, 3.8) is 0 Å². The summed E-state index contributed by atoms with van der Waals surface area (Å²) in [4.78, 5) is 23.3. The first-order valence-electron chi connectivity index (χ1n) is 9.30. The van der Waals surface area contributed by atoms with Gasteiger partial charge >= 0.3 is 6.09 Å². The van der Waals surface area contributed by atoms with Gasteiger partial charge in [0.1, 0.15) is 29.3 Å². The lowest BCUT2D eigenvalue weighted by molar-refractivity contribution is -0.124. The predicted molar refractivity (Wildman–Crippen MR) is 98.7 cm³/mol. The third-order valence-electron chi connectivity index (χ3n) is 5.86. The molecule has 7 nitrogen and oxygen atoms in total. The third-order valence-corrected chi connectivity index (χ3v) is 6.10. The summed E-state index contributed by atoms with van der Waals surface area (Å²) in [5, 5.41) is 2.11. The second-order valence-corrected chi connectivity index (χ2v) is 8.27. The van der Waals surface area contributed by atoms with Crippen molar-refractivity contribution in [1.29, 1.82) is 0 Å². The highest BCUT2D eigenvalue weighted by Crippen LogP contribution is 2.59. The van der Waals surface area contributed by atoms with E-state index in [-0.39, 0.29) is 29.6 Å². The van der Waals surface area contributed by atoms with E-state index in [0.29, 0.717) is 13.0 Å². The topological polar surface area (TPSA) is 89.7 Å². The van der Waals surface area contributed by atoms with Crippen LogP contribution in [0.15, 0.2) is 11.6 Å². The fraction of sp³-hybridized carbons (Fsp3) is 0.789. The molecule has 0 bridgehead atoms. The van der Waals surface area contributed by atoms with Gasteiger partial charge in [-0.25, -0.2) is 4.79 Å². The Balaban J connectivity index is 1.73. The molecule has 1 N–H and O–H groups in total. The van der Waals surface area contributed by atoms with Crippen molar-refractivity contribution < 1.29 is 28.5 Å². The van der Waals surface area contributed by atoms with E-state index in [1.165, 1.54) is 5.57 Å². The van der Waals surface area contributed by atoms with Crippen LogP contribution in [0.25, 0.3) is 0 Å². The lowest BCUT2D eigenvalue weighted by atomic mass is 9.68. The zero-order valence-electron chi connectivity index (χ0n) is 16.2. The average molecular weight is 402 g/mol. The molecule has 0 aromatic rings. The summed E-state index contributed by atoms with van der Waals surface area (Å²) < 4.78 is 23.2. The summed E-state index contributed by atoms with van der Waals surface area (Å²) in [7, 11) is 1.61. The number of hydrogen-bond acceptors (Lipinski definition) is 6. The van der Waals surface area contributed by atoms with Crippen molar-refractivity contribution in [3.05, 3.63) is 11.6 Å². The second kappa shape index (κ2) is 7.70. The Hall–Kier alpha value is -1.15. The standard InChI is InChI=1S/C19H28ClNO6/c1-11(2)5-6-13-18(3,27-13)16-15(24-4)12(7-8-19(16)10-25-19)26-17(23)21-14(22)9-20/h5,12-13,15-16H,6-10H2,1-4H3,(H,21,22,23)/t12-,13-,15-,16+,18+,19+/m1/s1. The highest BCUT2D eigenvalue weighted by Gasteiger charge is 2.72. The van der Waals surface area contributed by atoms with Gasteiger partial charge in [-0.3, -0.25) is 10.1 Å². The number of alkyl halides is 1. The molecule has 2 heterocycles. The van der Waals surface area contributed by atoms with Gasteiger partial charge in [0.2, 0.25) is 5.91 Å². The van der Waals surface area contributed by atoms with Crippen LogP contribution in [-0.2, 0) is 23.7 Å². The Labute approximate surface area is 164 Å². The van der Waals surface area contributed by atoms with Gasteiger partial charge in [0, 0.05) is 7.11 Å². The summed E-state index contributed by atoms with van der Waals surface area (Å²) in [6.45, 7) is 6.87. The van der Waals surface area contributed by atoms with Crippen molar-refractivity contribution in [2.24, 2.45) is 5.92 Å². The molecule has 0 radical (unpaired) electrons. The molecule has 2 amide bonds. The number of carbonyl (C=O) groups excluding carboxylic acids is 2. The van der Waals surface area contributed by atoms with Crippen molar-refractivity contribution in [2.45, 2.75) is 69.5 Å². The number of rotatable bonds is 6. The highest BCUT2D eigenvalue weighted by molar-refractivity contribution is 6.28. The first-order valence-corrected chi connectivity index (χ1v) is 9.83. The fourth-order valence-electron chi connectivity index (χ4n) is 4.38. The van der Waals surface area contributed by atoms with Crippen LogP contribution in [0.5, 0.6) is 0 Å². The maximum atomic E-state index is 12.0. The maximum Gasteiger partial charge on any atom is 0.414 e. The molecule has 2 saturated heterocycles. The number of hydrogen-bond donors (Lipinski definition) is 1. The number of halogens is 1. The van der Waals surface area contributed by atoms with Crippen LogP contribution < -0.4 is 5.32 Å². The minimum Gasteiger partial charge on any atom is -0.443 e. The van der Waals surface area contributed by atoms with Crippen LogP contribution in [0.4, 0.5) is 4.79 Å². The minimum absolute atomic E-state index is 0.0548. The fourth-order valence-corrected chi connectivity index (χ4v) is 4.45. The lowest BCUT2D eigenvalue weighted by Gasteiger charge is -2.42. The van der Waals surface area contributed by atoms with Crippen LogP contribution in [0, 0.1) is 5.92 Å². The molecule has 8 heteroatoms. The molecule has 1 aliphatic carbocycles. The van der Waals surface area contributed by atoms with E-state index < -0.39 is 23.7 Å². The Bertz CT molecular complexity index is 630. The van der Waals surface area contributed by atoms with E-state index in [1.54, 1.807) is 7.11 Å². The molecule has 3 fully saturated rings. The van der Waals surface area contributed by atoms with E-state index in [2.05, 4.69) is 32.2 Å². The number of amides is 2. The largest absolute Gasteiger partial charge is 0.443 e. The monoisotopic (exact) mass is 401 g/mol.